The average molecular weight is 337 g/mol. The molecule has 0 aromatic heterocycles. The normalized spacial score (nSPS) is 14.8. The van der Waals surface area contributed by atoms with E-state index >= 15 is 0 Å². The molecule has 0 saturated heterocycles. The van der Waals surface area contributed by atoms with E-state index in [4.69, 9.17) is 4.52 Å². The SMILES string of the molecule is CCCCP(CCCC)(CCCC)(CCCC)OC(C)(C)F. The summed E-state index contributed by atoms with van der Waals surface area (Å²) in [6.07, 6.45) is 14.0. The van der Waals surface area contributed by atoms with Gasteiger partial charge in [0.05, 0.1) is 0 Å². The van der Waals surface area contributed by atoms with E-state index < -0.39 is 12.7 Å². The molecule has 0 heterocycles. The summed E-state index contributed by atoms with van der Waals surface area (Å²) < 4.78 is 21.1. The molecule has 0 N–H and O–H groups in total. The Hall–Kier alpha value is 0.320. The maximum atomic E-state index is 14.6. The molecule has 136 valence electrons. The van der Waals surface area contributed by atoms with Crippen molar-refractivity contribution in [1.29, 1.82) is 0 Å². The molecule has 0 aliphatic heterocycles. The van der Waals surface area contributed by atoms with Crippen LogP contribution in [0.2, 0.25) is 0 Å². The number of halogens is 1. The van der Waals surface area contributed by atoms with E-state index in [-0.39, 0.29) is 0 Å². The Kier molecular flexibility index (Phi) is 10.4. The van der Waals surface area contributed by atoms with Crippen LogP contribution in [-0.2, 0) is 4.52 Å². The Morgan fingerprint density at radius 2 is 0.955 bits per heavy atom. The number of hydrogen-bond donors (Lipinski definition) is 0. The van der Waals surface area contributed by atoms with Crippen molar-refractivity contribution in [2.24, 2.45) is 0 Å². The Morgan fingerprint density at radius 1 is 0.682 bits per heavy atom. The van der Waals surface area contributed by atoms with Crippen LogP contribution < -0.4 is 0 Å². The molecule has 0 aliphatic rings. The zero-order chi connectivity index (χ0) is 17.1. The summed E-state index contributed by atoms with van der Waals surface area (Å²) in [6, 6.07) is 0. The molecule has 0 aromatic rings. The standard InChI is InChI=1S/C19H42FOP/c1-7-11-15-22(16-12-8-2,17-13-9-3,18-14-10-4)21-19(5,6)20/h7-18H2,1-6H3. The molecule has 0 fully saturated rings. The fourth-order valence-corrected chi connectivity index (χ4v) is 11.1. The molecular weight excluding hydrogens is 294 g/mol. The molecule has 0 spiro atoms. The first-order chi connectivity index (χ1) is 10.3. The van der Waals surface area contributed by atoms with Crippen molar-refractivity contribution in [3.63, 3.8) is 0 Å². The van der Waals surface area contributed by atoms with Crippen LogP contribution in [0.1, 0.15) is 92.9 Å². The summed E-state index contributed by atoms with van der Waals surface area (Å²) in [5.41, 5.74) is 0. The van der Waals surface area contributed by atoms with E-state index in [9.17, 15) is 4.39 Å². The Bertz CT molecular complexity index is 242. The van der Waals surface area contributed by atoms with Crippen molar-refractivity contribution >= 4 is 6.83 Å². The predicted molar refractivity (Wildman–Crippen MR) is 102 cm³/mol. The van der Waals surface area contributed by atoms with Crippen molar-refractivity contribution in [1.82, 2.24) is 0 Å². The fraction of sp³-hybridized carbons (Fsp3) is 1.00. The van der Waals surface area contributed by atoms with Crippen molar-refractivity contribution in [3.05, 3.63) is 0 Å². The third-order valence-corrected chi connectivity index (χ3v) is 11.5. The molecule has 0 atom stereocenters. The zero-order valence-electron chi connectivity index (χ0n) is 16.2. The van der Waals surface area contributed by atoms with E-state index in [1.165, 1.54) is 51.4 Å². The van der Waals surface area contributed by atoms with Gasteiger partial charge in [0.1, 0.15) is 0 Å². The molecule has 1 nitrogen and oxygen atoms in total. The summed E-state index contributed by atoms with van der Waals surface area (Å²) in [7, 11) is 0. The van der Waals surface area contributed by atoms with Gasteiger partial charge in [-0.1, -0.05) is 0 Å². The van der Waals surface area contributed by atoms with Gasteiger partial charge in [0.25, 0.3) is 0 Å². The Labute approximate surface area is 139 Å². The second kappa shape index (κ2) is 10.2. The van der Waals surface area contributed by atoms with Crippen LogP contribution in [-0.4, -0.2) is 30.5 Å². The predicted octanol–water partition coefficient (Wildman–Crippen LogP) is 7.38. The maximum absolute atomic E-state index is 14.6. The average Bonchev–Trinajstić information content (AvgIpc) is 2.46. The van der Waals surface area contributed by atoms with Gasteiger partial charge in [-0.05, 0) is 0 Å². The van der Waals surface area contributed by atoms with Crippen LogP contribution in [0.25, 0.3) is 0 Å². The van der Waals surface area contributed by atoms with E-state index in [2.05, 4.69) is 27.7 Å². The number of unbranched alkanes of at least 4 members (excludes halogenated alkanes) is 4. The molecule has 0 aromatic carbocycles. The third kappa shape index (κ3) is 7.73. The third-order valence-electron chi connectivity index (χ3n) is 4.78. The second-order valence-corrected chi connectivity index (χ2v) is 13.3. The van der Waals surface area contributed by atoms with Crippen LogP contribution in [0.15, 0.2) is 0 Å². The zero-order valence-corrected chi connectivity index (χ0v) is 17.1. The monoisotopic (exact) mass is 336 g/mol. The Balaban J connectivity index is 5.65. The van der Waals surface area contributed by atoms with Gasteiger partial charge in [0.2, 0.25) is 0 Å². The first kappa shape index (κ1) is 22.3. The summed E-state index contributed by atoms with van der Waals surface area (Å²) >= 11 is 0. The molecule has 0 rings (SSSR count). The van der Waals surface area contributed by atoms with Crippen LogP contribution in [0.3, 0.4) is 0 Å². The van der Waals surface area contributed by atoms with Gasteiger partial charge in [0.15, 0.2) is 0 Å². The first-order valence-electron chi connectivity index (χ1n) is 9.67. The van der Waals surface area contributed by atoms with Gasteiger partial charge >= 0.3 is 139 Å². The van der Waals surface area contributed by atoms with Gasteiger partial charge in [-0.2, -0.15) is 0 Å². The molecule has 0 saturated carbocycles. The molecule has 0 unspecified atom stereocenters. The number of rotatable bonds is 14. The molecule has 0 radical (unpaired) electrons. The van der Waals surface area contributed by atoms with Crippen LogP contribution in [0, 0.1) is 0 Å². The molecule has 0 amide bonds. The van der Waals surface area contributed by atoms with E-state index in [1.54, 1.807) is 13.8 Å². The first-order valence-corrected chi connectivity index (χ1v) is 12.6. The molecule has 0 aliphatic carbocycles. The Morgan fingerprint density at radius 3 is 1.14 bits per heavy atom. The summed E-state index contributed by atoms with van der Waals surface area (Å²) in [5, 5.41) is 0. The van der Waals surface area contributed by atoms with Crippen molar-refractivity contribution < 1.29 is 8.91 Å². The second-order valence-electron chi connectivity index (χ2n) is 7.62. The topological polar surface area (TPSA) is 9.23 Å². The summed E-state index contributed by atoms with van der Waals surface area (Å²) in [5.74, 6) is -1.50. The number of alkyl halides is 1. The van der Waals surface area contributed by atoms with E-state index in [0.717, 1.165) is 24.6 Å². The van der Waals surface area contributed by atoms with Crippen molar-refractivity contribution in [3.8, 4) is 0 Å². The van der Waals surface area contributed by atoms with Crippen LogP contribution in [0.5, 0.6) is 0 Å². The van der Waals surface area contributed by atoms with Gasteiger partial charge in [-0.15, -0.1) is 0 Å². The summed E-state index contributed by atoms with van der Waals surface area (Å²) in [4.78, 5) is 0. The van der Waals surface area contributed by atoms with Gasteiger partial charge in [-0.3, -0.25) is 0 Å². The molecular formula is C19H42FOP. The van der Waals surface area contributed by atoms with E-state index in [1.807, 2.05) is 0 Å². The van der Waals surface area contributed by atoms with Crippen molar-refractivity contribution in [2.75, 3.05) is 24.6 Å². The minimum absolute atomic E-state index is 1.13. The summed E-state index contributed by atoms with van der Waals surface area (Å²) in [6.45, 7) is 9.76. The quantitative estimate of drug-likeness (QED) is 0.301. The van der Waals surface area contributed by atoms with Crippen molar-refractivity contribution in [2.45, 2.75) is 98.8 Å². The van der Waals surface area contributed by atoms with Gasteiger partial charge in [0, 0.05) is 0 Å². The molecule has 3 heteroatoms. The number of hydrogen-bond acceptors (Lipinski definition) is 1. The molecule has 0 bridgehead atoms. The van der Waals surface area contributed by atoms with Gasteiger partial charge in [-0.25, -0.2) is 0 Å². The minimum atomic E-state index is -2.43. The van der Waals surface area contributed by atoms with Crippen LogP contribution in [0.4, 0.5) is 4.39 Å². The fourth-order valence-electron chi connectivity index (χ4n) is 3.70. The molecule has 22 heavy (non-hydrogen) atoms. The van der Waals surface area contributed by atoms with Gasteiger partial charge < -0.3 is 0 Å². The van der Waals surface area contributed by atoms with Crippen LogP contribution >= 0.6 is 6.83 Å². The van der Waals surface area contributed by atoms with E-state index in [0.29, 0.717) is 0 Å².